The van der Waals surface area contributed by atoms with Crippen molar-refractivity contribution in [2.45, 2.75) is 32.7 Å². The van der Waals surface area contributed by atoms with Gasteiger partial charge < -0.3 is 14.6 Å². The predicted molar refractivity (Wildman–Crippen MR) is 102 cm³/mol. The molecule has 1 aromatic heterocycles. The van der Waals surface area contributed by atoms with Crippen molar-refractivity contribution >= 4 is 11.6 Å². The van der Waals surface area contributed by atoms with E-state index in [9.17, 15) is 4.79 Å². The largest absolute Gasteiger partial charge is 0.495 e. The van der Waals surface area contributed by atoms with Gasteiger partial charge in [0, 0.05) is 25.4 Å². The van der Waals surface area contributed by atoms with Crippen molar-refractivity contribution in [1.82, 2.24) is 14.5 Å². The Balaban J connectivity index is 1.45. The van der Waals surface area contributed by atoms with Crippen LogP contribution >= 0.6 is 0 Å². The fourth-order valence-corrected chi connectivity index (χ4v) is 3.57. The van der Waals surface area contributed by atoms with E-state index in [1.165, 1.54) is 0 Å². The fraction of sp³-hybridized carbons (Fsp3) is 0.500. The van der Waals surface area contributed by atoms with Crippen LogP contribution in [0.2, 0.25) is 0 Å². The molecule has 1 saturated heterocycles. The number of nitrogens with one attached hydrogen (secondary N) is 1. The summed E-state index contributed by atoms with van der Waals surface area (Å²) in [5.74, 6) is 2.51. The standard InChI is InChI=1S/C20H28N4O2/c1-3-19-21-10-13-24(19)14-16-8-11-23(12-9-16)15-20(25)22-17-6-4-5-7-18(17)26-2/h4-7,10,13,16H,3,8-9,11-12,14-15H2,1-2H3,(H,22,25). The average molecular weight is 356 g/mol. The summed E-state index contributed by atoms with van der Waals surface area (Å²) in [4.78, 5) is 19.0. The highest BCUT2D eigenvalue weighted by Crippen LogP contribution is 2.23. The lowest BCUT2D eigenvalue weighted by molar-refractivity contribution is -0.117. The lowest BCUT2D eigenvalue weighted by Gasteiger charge is -2.31. The number of nitrogens with zero attached hydrogens (tertiary/aromatic N) is 3. The number of aryl methyl sites for hydroxylation is 1. The molecule has 140 valence electrons. The van der Waals surface area contributed by atoms with Gasteiger partial charge in [-0.3, -0.25) is 9.69 Å². The van der Waals surface area contributed by atoms with Gasteiger partial charge in [-0.15, -0.1) is 0 Å². The molecule has 0 aliphatic carbocycles. The number of hydrogen-bond donors (Lipinski definition) is 1. The van der Waals surface area contributed by atoms with E-state index >= 15 is 0 Å². The molecule has 0 spiro atoms. The SMILES string of the molecule is CCc1nccn1CC1CCN(CC(=O)Nc2ccccc2OC)CC1. The molecular weight excluding hydrogens is 328 g/mol. The van der Waals surface area contributed by atoms with Crippen LogP contribution in [0.1, 0.15) is 25.6 Å². The number of anilines is 1. The third-order valence-corrected chi connectivity index (χ3v) is 5.03. The number of methoxy groups -OCH3 is 1. The Hall–Kier alpha value is -2.34. The van der Waals surface area contributed by atoms with Crippen LogP contribution in [0.3, 0.4) is 0 Å². The summed E-state index contributed by atoms with van der Waals surface area (Å²) in [7, 11) is 1.61. The summed E-state index contributed by atoms with van der Waals surface area (Å²) < 4.78 is 7.56. The Bertz CT molecular complexity index is 720. The molecule has 6 heteroatoms. The minimum Gasteiger partial charge on any atom is -0.495 e. The van der Waals surface area contributed by atoms with Crippen LogP contribution in [0.4, 0.5) is 5.69 Å². The number of carbonyl (C=O) groups excluding carboxylic acids is 1. The van der Waals surface area contributed by atoms with E-state index in [4.69, 9.17) is 4.74 Å². The highest BCUT2D eigenvalue weighted by molar-refractivity contribution is 5.93. The van der Waals surface area contributed by atoms with Gasteiger partial charge in [-0.25, -0.2) is 4.98 Å². The maximum atomic E-state index is 12.3. The van der Waals surface area contributed by atoms with Gasteiger partial charge in [-0.05, 0) is 44.0 Å². The second kappa shape index (κ2) is 8.85. The van der Waals surface area contributed by atoms with Crippen LogP contribution in [-0.2, 0) is 17.8 Å². The molecule has 0 unspecified atom stereocenters. The summed E-state index contributed by atoms with van der Waals surface area (Å²) in [6.07, 6.45) is 7.16. The molecule has 1 aromatic carbocycles. The van der Waals surface area contributed by atoms with Crippen molar-refractivity contribution in [1.29, 1.82) is 0 Å². The molecule has 1 N–H and O–H groups in total. The third kappa shape index (κ3) is 4.64. The monoisotopic (exact) mass is 356 g/mol. The zero-order chi connectivity index (χ0) is 18.4. The molecule has 1 aliphatic rings. The number of ether oxygens (including phenoxy) is 1. The van der Waals surface area contributed by atoms with Crippen LogP contribution in [0, 0.1) is 5.92 Å². The van der Waals surface area contributed by atoms with Crippen LogP contribution in [0.25, 0.3) is 0 Å². The van der Waals surface area contributed by atoms with E-state index < -0.39 is 0 Å². The molecule has 1 aliphatic heterocycles. The number of hydrogen-bond acceptors (Lipinski definition) is 4. The molecule has 6 nitrogen and oxygen atoms in total. The van der Waals surface area contributed by atoms with Crippen LogP contribution in [0.15, 0.2) is 36.7 Å². The van der Waals surface area contributed by atoms with Gasteiger partial charge in [0.05, 0.1) is 19.3 Å². The highest BCUT2D eigenvalue weighted by atomic mass is 16.5. The topological polar surface area (TPSA) is 59.4 Å². The summed E-state index contributed by atoms with van der Waals surface area (Å²) in [5, 5.41) is 2.95. The van der Waals surface area contributed by atoms with E-state index in [0.717, 1.165) is 50.4 Å². The molecule has 0 saturated carbocycles. The van der Waals surface area contributed by atoms with Crippen molar-refractivity contribution in [2.24, 2.45) is 5.92 Å². The van der Waals surface area contributed by atoms with Crippen molar-refractivity contribution in [3.8, 4) is 5.75 Å². The number of amides is 1. The van der Waals surface area contributed by atoms with Crippen LogP contribution < -0.4 is 10.1 Å². The second-order valence-electron chi connectivity index (χ2n) is 6.82. The van der Waals surface area contributed by atoms with E-state index in [-0.39, 0.29) is 5.91 Å². The predicted octanol–water partition coefficient (Wildman–Crippen LogP) is 2.80. The Kier molecular flexibility index (Phi) is 6.28. The van der Waals surface area contributed by atoms with E-state index in [0.29, 0.717) is 18.2 Å². The lowest BCUT2D eigenvalue weighted by Crippen LogP contribution is -2.40. The normalized spacial score (nSPS) is 15.8. The van der Waals surface area contributed by atoms with Crippen molar-refractivity contribution in [3.63, 3.8) is 0 Å². The first-order valence-electron chi connectivity index (χ1n) is 9.34. The van der Waals surface area contributed by atoms with Gasteiger partial charge in [0.25, 0.3) is 0 Å². The van der Waals surface area contributed by atoms with Gasteiger partial charge in [0.15, 0.2) is 0 Å². The Morgan fingerprint density at radius 3 is 2.81 bits per heavy atom. The molecule has 0 radical (unpaired) electrons. The molecule has 0 atom stereocenters. The zero-order valence-electron chi connectivity index (χ0n) is 15.6. The Morgan fingerprint density at radius 1 is 1.31 bits per heavy atom. The maximum absolute atomic E-state index is 12.3. The number of aromatic nitrogens is 2. The number of benzene rings is 1. The molecule has 0 bridgehead atoms. The van der Waals surface area contributed by atoms with Gasteiger partial charge in [-0.1, -0.05) is 19.1 Å². The molecule has 26 heavy (non-hydrogen) atoms. The third-order valence-electron chi connectivity index (χ3n) is 5.03. The summed E-state index contributed by atoms with van der Waals surface area (Å²) >= 11 is 0. The van der Waals surface area contributed by atoms with E-state index in [1.807, 2.05) is 30.5 Å². The summed E-state index contributed by atoms with van der Waals surface area (Å²) in [5.41, 5.74) is 0.724. The summed E-state index contributed by atoms with van der Waals surface area (Å²) in [6, 6.07) is 7.49. The summed E-state index contributed by atoms with van der Waals surface area (Å²) in [6.45, 7) is 5.52. The number of piperidine rings is 1. The molecule has 2 aromatic rings. The molecular formula is C20H28N4O2. The van der Waals surface area contributed by atoms with Gasteiger partial charge >= 0.3 is 0 Å². The Morgan fingerprint density at radius 2 is 2.08 bits per heavy atom. The van der Waals surface area contributed by atoms with Crippen LogP contribution in [-0.4, -0.2) is 47.1 Å². The quantitative estimate of drug-likeness (QED) is 0.829. The van der Waals surface area contributed by atoms with E-state index in [1.54, 1.807) is 7.11 Å². The zero-order valence-corrected chi connectivity index (χ0v) is 15.6. The number of imidazole rings is 1. The average Bonchev–Trinajstić information content (AvgIpc) is 3.11. The molecule has 1 fully saturated rings. The number of rotatable bonds is 7. The van der Waals surface area contributed by atoms with Crippen molar-refractivity contribution < 1.29 is 9.53 Å². The van der Waals surface area contributed by atoms with Gasteiger partial charge in [0.2, 0.25) is 5.91 Å². The maximum Gasteiger partial charge on any atom is 0.238 e. The highest BCUT2D eigenvalue weighted by Gasteiger charge is 2.22. The van der Waals surface area contributed by atoms with Crippen molar-refractivity contribution in [2.75, 3.05) is 32.1 Å². The number of carbonyl (C=O) groups is 1. The number of para-hydroxylation sites is 2. The van der Waals surface area contributed by atoms with Gasteiger partial charge in [-0.2, -0.15) is 0 Å². The Labute approximate surface area is 155 Å². The molecule has 1 amide bonds. The molecule has 3 rings (SSSR count). The minimum absolute atomic E-state index is 0.0100. The first kappa shape index (κ1) is 18.5. The first-order valence-corrected chi connectivity index (χ1v) is 9.34. The lowest BCUT2D eigenvalue weighted by atomic mass is 9.96. The fourth-order valence-electron chi connectivity index (χ4n) is 3.57. The molecule has 2 heterocycles. The number of likely N-dealkylation sites (tertiary alicyclic amines) is 1. The second-order valence-corrected chi connectivity index (χ2v) is 6.82. The van der Waals surface area contributed by atoms with E-state index in [2.05, 4.69) is 32.9 Å². The smallest absolute Gasteiger partial charge is 0.238 e. The minimum atomic E-state index is 0.0100. The van der Waals surface area contributed by atoms with Crippen molar-refractivity contribution in [3.05, 3.63) is 42.5 Å². The van der Waals surface area contributed by atoms with Gasteiger partial charge in [0.1, 0.15) is 11.6 Å². The van der Waals surface area contributed by atoms with Crippen LogP contribution in [0.5, 0.6) is 5.75 Å². The first-order chi connectivity index (χ1) is 12.7.